The van der Waals surface area contributed by atoms with Gasteiger partial charge in [0.1, 0.15) is 6.04 Å². The van der Waals surface area contributed by atoms with Crippen molar-refractivity contribution in [2.24, 2.45) is 0 Å². The van der Waals surface area contributed by atoms with Gasteiger partial charge in [0.15, 0.2) is 0 Å². The zero-order valence-electron chi connectivity index (χ0n) is 22.3. The Hall–Kier alpha value is -2.29. The van der Waals surface area contributed by atoms with Crippen molar-refractivity contribution in [3.63, 3.8) is 0 Å². The van der Waals surface area contributed by atoms with E-state index in [9.17, 15) is 18.0 Å². The number of aryl methyl sites for hydroxylation is 2. The first-order valence-electron chi connectivity index (χ1n) is 12.3. The smallest absolute Gasteiger partial charge is 0.242 e. The van der Waals surface area contributed by atoms with E-state index < -0.39 is 16.1 Å². The second-order valence-electron chi connectivity index (χ2n) is 9.47. The monoisotopic (exact) mass is 569 g/mol. The molecule has 0 unspecified atom stereocenters. The average molecular weight is 571 g/mol. The molecule has 2 aromatic rings. The number of carbonyl (C=O) groups is 2. The fourth-order valence-electron chi connectivity index (χ4n) is 3.77. The summed E-state index contributed by atoms with van der Waals surface area (Å²) < 4.78 is 26.4. The number of hydrogen-bond acceptors (Lipinski definition) is 4. The van der Waals surface area contributed by atoms with Crippen molar-refractivity contribution in [3.8, 4) is 0 Å². The van der Waals surface area contributed by atoms with Crippen molar-refractivity contribution in [2.45, 2.75) is 72.5 Å². The Morgan fingerprint density at radius 1 is 1.00 bits per heavy atom. The number of carbonyl (C=O) groups excluding carboxylic acids is 2. The Labute approximate surface area is 231 Å². The molecule has 7 nitrogen and oxygen atoms in total. The van der Waals surface area contributed by atoms with Gasteiger partial charge in [0, 0.05) is 25.6 Å². The third kappa shape index (κ3) is 8.90. The summed E-state index contributed by atoms with van der Waals surface area (Å²) in [5.74, 6) is -0.512. The highest BCUT2D eigenvalue weighted by Gasteiger charge is 2.27. The number of sulfonamides is 1. The first-order chi connectivity index (χ1) is 17.2. The van der Waals surface area contributed by atoms with E-state index >= 15 is 0 Å². The lowest BCUT2D eigenvalue weighted by Gasteiger charge is -2.30. The van der Waals surface area contributed by atoms with Crippen LogP contribution in [0.2, 0.25) is 10.0 Å². The summed E-state index contributed by atoms with van der Waals surface area (Å²) in [6.45, 7) is 9.75. The van der Waals surface area contributed by atoms with Crippen molar-refractivity contribution >= 4 is 50.7 Å². The Kier molecular flexibility index (Phi) is 11.3. The minimum Gasteiger partial charge on any atom is -0.352 e. The molecule has 2 atom stereocenters. The Morgan fingerprint density at radius 3 is 2.24 bits per heavy atom. The third-order valence-corrected chi connectivity index (χ3v) is 8.37. The minimum atomic E-state index is -3.55. The van der Waals surface area contributed by atoms with Gasteiger partial charge in [-0.1, -0.05) is 42.3 Å². The Morgan fingerprint density at radius 2 is 1.68 bits per heavy atom. The van der Waals surface area contributed by atoms with Crippen LogP contribution < -0.4 is 9.62 Å². The van der Waals surface area contributed by atoms with Crippen LogP contribution in [0.3, 0.4) is 0 Å². The van der Waals surface area contributed by atoms with Crippen molar-refractivity contribution < 1.29 is 18.0 Å². The van der Waals surface area contributed by atoms with Crippen LogP contribution in [0, 0.1) is 13.8 Å². The fraction of sp³-hybridized carbons (Fsp3) is 0.481. The van der Waals surface area contributed by atoms with E-state index in [0.29, 0.717) is 15.7 Å². The number of benzene rings is 2. The molecule has 0 spiro atoms. The van der Waals surface area contributed by atoms with E-state index in [1.165, 1.54) is 9.21 Å². The van der Waals surface area contributed by atoms with Gasteiger partial charge in [0.05, 0.1) is 22.0 Å². The van der Waals surface area contributed by atoms with E-state index in [2.05, 4.69) is 5.32 Å². The highest BCUT2D eigenvalue weighted by molar-refractivity contribution is 7.92. The zero-order chi connectivity index (χ0) is 27.9. The molecule has 0 aromatic heterocycles. The molecule has 204 valence electrons. The molecule has 10 heteroatoms. The number of amides is 2. The van der Waals surface area contributed by atoms with E-state index in [0.717, 1.165) is 29.4 Å². The molecule has 0 aliphatic carbocycles. The van der Waals surface area contributed by atoms with Crippen molar-refractivity contribution in [1.29, 1.82) is 0 Å². The van der Waals surface area contributed by atoms with Crippen LogP contribution in [0.15, 0.2) is 36.4 Å². The molecule has 2 rings (SSSR count). The minimum absolute atomic E-state index is 0.0295. The number of anilines is 1. The normalized spacial score (nSPS) is 13.1. The summed E-state index contributed by atoms with van der Waals surface area (Å²) in [6.07, 6.45) is 2.27. The van der Waals surface area contributed by atoms with Crippen LogP contribution in [-0.4, -0.2) is 50.0 Å². The van der Waals surface area contributed by atoms with Gasteiger partial charge in [-0.25, -0.2) is 8.42 Å². The van der Waals surface area contributed by atoms with Crippen molar-refractivity contribution in [3.05, 3.63) is 63.1 Å². The molecule has 0 fully saturated rings. The van der Waals surface area contributed by atoms with Gasteiger partial charge in [-0.3, -0.25) is 13.9 Å². The van der Waals surface area contributed by atoms with Gasteiger partial charge < -0.3 is 10.2 Å². The highest BCUT2D eigenvalue weighted by atomic mass is 35.5. The third-order valence-electron chi connectivity index (χ3n) is 6.44. The van der Waals surface area contributed by atoms with Crippen LogP contribution in [0.5, 0.6) is 0 Å². The van der Waals surface area contributed by atoms with Crippen LogP contribution in [0.25, 0.3) is 0 Å². The van der Waals surface area contributed by atoms with Gasteiger partial charge in [-0.05, 0) is 81.5 Å². The number of rotatable bonds is 12. The first kappa shape index (κ1) is 30.9. The fourth-order valence-corrected chi connectivity index (χ4v) is 5.05. The van der Waals surface area contributed by atoms with Gasteiger partial charge in [0.2, 0.25) is 21.8 Å². The molecule has 0 radical (unpaired) electrons. The van der Waals surface area contributed by atoms with Crippen LogP contribution in [-0.2, 0) is 26.2 Å². The average Bonchev–Trinajstić information content (AvgIpc) is 2.82. The van der Waals surface area contributed by atoms with Gasteiger partial charge >= 0.3 is 0 Å². The maximum atomic E-state index is 13.4. The number of nitrogens with zero attached hydrogens (tertiary/aromatic N) is 2. The molecule has 0 aliphatic heterocycles. The summed E-state index contributed by atoms with van der Waals surface area (Å²) >= 11 is 12.2. The number of nitrogens with one attached hydrogen (secondary N) is 1. The van der Waals surface area contributed by atoms with E-state index in [4.69, 9.17) is 23.2 Å². The lowest BCUT2D eigenvalue weighted by atomic mass is 10.1. The molecule has 2 aromatic carbocycles. The molecule has 2 amide bonds. The highest BCUT2D eigenvalue weighted by Crippen LogP contribution is 2.25. The van der Waals surface area contributed by atoms with Crippen molar-refractivity contribution in [2.75, 3.05) is 17.1 Å². The maximum Gasteiger partial charge on any atom is 0.242 e. The summed E-state index contributed by atoms with van der Waals surface area (Å²) in [4.78, 5) is 27.8. The molecular formula is C27H37Cl2N3O4S. The quantitative estimate of drug-likeness (QED) is 0.366. The topological polar surface area (TPSA) is 86.8 Å². The molecule has 0 bridgehead atoms. The predicted molar refractivity (Wildman–Crippen MR) is 152 cm³/mol. The molecule has 0 saturated carbocycles. The second kappa shape index (κ2) is 13.5. The number of hydrogen-bond donors (Lipinski definition) is 1. The summed E-state index contributed by atoms with van der Waals surface area (Å²) in [5, 5.41) is 3.69. The van der Waals surface area contributed by atoms with E-state index in [1.807, 2.05) is 39.8 Å². The standard InChI is InChI=1S/C27H37Cl2N3O4S/c1-7-20(4)30-27(34)21(5)31(17-22-11-13-24(28)25(29)16-22)26(33)9-8-14-32(37(6,35)36)23-12-10-18(2)19(3)15-23/h10-13,15-16,20-21H,7-9,14,17H2,1-6H3,(H,30,34)/t20-,21+/m1/s1. The molecule has 0 saturated heterocycles. The van der Waals surface area contributed by atoms with E-state index in [-0.39, 0.29) is 43.8 Å². The molecule has 1 N–H and O–H groups in total. The largest absolute Gasteiger partial charge is 0.352 e. The molecule has 37 heavy (non-hydrogen) atoms. The van der Waals surface area contributed by atoms with Crippen LogP contribution >= 0.6 is 23.2 Å². The molecule has 0 aliphatic rings. The molecular weight excluding hydrogens is 533 g/mol. The Balaban J connectivity index is 2.22. The Bertz CT molecular complexity index is 1220. The van der Waals surface area contributed by atoms with Crippen LogP contribution in [0.1, 0.15) is 56.7 Å². The van der Waals surface area contributed by atoms with E-state index in [1.54, 1.807) is 31.2 Å². The summed E-state index contributed by atoms with van der Waals surface area (Å²) in [6, 6.07) is 9.80. The van der Waals surface area contributed by atoms with Gasteiger partial charge in [-0.2, -0.15) is 0 Å². The summed E-state index contributed by atoms with van der Waals surface area (Å²) in [5.41, 5.74) is 3.34. The number of halogens is 2. The summed E-state index contributed by atoms with van der Waals surface area (Å²) in [7, 11) is -3.55. The maximum absolute atomic E-state index is 13.4. The van der Waals surface area contributed by atoms with Gasteiger partial charge in [-0.15, -0.1) is 0 Å². The first-order valence-corrected chi connectivity index (χ1v) is 14.9. The zero-order valence-corrected chi connectivity index (χ0v) is 24.7. The van der Waals surface area contributed by atoms with Crippen molar-refractivity contribution in [1.82, 2.24) is 10.2 Å². The lowest BCUT2D eigenvalue weighted by molar-refractivity contribution is -0.140. The SMILES string of the molecule is CC[C@@H](C)NC(=O)[C@H](C)N(Cc1ccc(Cl)c(Cl)c1)C(=O)CCCN(c1ccc(C)c(C)c1)S(C)(=O)=O. The predicted octanol–water partition coefficient (Wildman–Crippen LogP) is 5.49. The lowest BCUT2D eigenvalue weighted by Crippen LogP contribution is -2.49. The molecule has 0 heterocycles. The van der Waals surface area contributed by atoms with Gasteiger partial charge in [0.25, 0.3) is 0 Å². The second-order valence-corrected chi connectivity index (χ2v) is 12.2. The van der Waals surface area contributed by atoms with Crippen LogP contribution in [0.4, 0.5) is 5.69 Å².